The molecule has 1 heterocycles. The van der Waals surface area contributed by atoms with Gasteiger partial charge < -0.3 is 10.2 Å². The molecule has 2 atom stereocenters. The van der Waals surface area contributed by atoms with E-state index in [2.05, 4.69) is 20.9 Å². The van der Waals surface area contributed by atoms with Crippen molar-refractivity contribution in [3.8, 4) is 0 Å². The minimum Gasteiger partial charge on any atom is -0.396 e. The van der Waals surface area contributed by atoms with Gasteiger partial charge in [0.25, 0.3) is 0 Å². The summed E-state index contributed by atoms with van der Waals surface area (Å²) in [4.78, 5) is 4.16. The van der Waals surface area contributed by atoms with Crippen molar-refractivity contribution in [3.63, 3.8) is 0 Å². The van der Waals surface area contributed by atoms with Crippen molar-refractivity contribution in [1.82, 2.24) is 4.98 Å². The van der Waals surface area contributed by atoms with Crippen LogP contribution in [0.1, 0.15) is 25.1 Å². The van der Waals surface area contributed by atoms with Gasteiger partial charge in [-0.15, -0.1) is 0 Å². The first-order valence-corrected chi connectivity index (χ1v) is 5.36. The Bertz CT molecular complexity index is 293. The fraction of sp³-hybridized carbons (Fsp3) is 0.500. The van der Waals surface area contributed by atoms with Crippen LogP contribution < -0.4 is 0 Å². The van der Waals surface area contributed by atoms with E-state index in [9.17, 15) is 5.11 Å². The number of pyridine rings is 1. The lowest BCUT2D eigenvalue weighted by Gasteiger charge is -2.17. The van der Waals surface area contributed by atoms with Crippen LogP contribution in [0.25, 0.3) is 0 Å². The normalized spacial score (nSPS) is 15.1. The van der Waals surface area contributed by atoms with E-state index in [1.807, 2.05) is 19.1 Å². The second-order valence-electron chi connectivity index (χ2n) is 3.32. The van der Waals surface area contributed by atoms with Crippen LogP contribution in [0.3, 0.4) is 0 Å². The molecular weight excluding hydrogens is 246 g/mol. The largest absolute Gasteiger partial charge is 0.396 e. The van der Waals surface area contributed by atoms with E-state index in [1.54, 1.807) is 6.07 Å². The zero-order chi connectivity index (χ0) is 10.6. The van der Waals surface area contributed by atoms with Gasteiger partial charge in [0.15, 0.2) is 0 Å². The maximum Gasteiger partial charge on any atom is 0.106 e. The summed E-state index contributed by atoms with van der Waals surface area (Å²) in [7, 11) is 0. The minimum absolute atomic E-state index is 0.0156. The third-order valence-corrected chi connectivity index (χ3v) is 2.60. The summed E-state index contributed by atoms with van der Waals surface area (Å²) in [6, 6.07) is 5.43. The standard InChI is InChI=1S/C10H14BrNO2/c1-7(5-6-13)10(14)8-3-2-4-9(11)12-8/h2-4,7,10,13-14H,5-6H2,1H3. The van der Waals surface area contributed by atoms with Crippen molar-refractivity contribution < 1.29 is 10.2 Å². The molecule has 2 N–H and O–H groups in total. The van der Waals surface area contributed by atoms with Crippen LogP contribution in [0, 0.1) is 5.92 Å². The average molecular weight is 260 g/mol. The number of hydrogen-bond donors (Lipinski definition) is 2. The number of aliphatic hydroxyl groups is 2. The van der Waals surface area contributed by atoms with Crippen molar-refractivity contribution in [2.75, 3.05) is 6.61 Å². The topological polar surface area (TPSA) is 53.4 Å². The molecule has 0 saturated heterocycles. The van der Waals surface area contributed by atoms with Gasteiger partial charge in [0, 0.05) is 6.61 Å². The second kappa shape index (κ2) is 5.44. The molecule has 2 unspecified atom stereocenters. The van der Waals surface area contributed by atoms with Crippen molar-refractivity contribution >= 4 is 15.9 Å². The fourth-order valence-corrected chi connectivity index (χ4v) is 1.60. The molecule has 1 aromatic heterocycles. The van der Waals surface area contributed by atoms with E-state index in [1.165, 1.54) is 0 Å². The summed E-state index contributed by atoms with van der Waals surface area (Å²) in [6.45, 7) is 1.98. The second-order valence-corrected chi connectivity index (χ2v) is 4.13. The van der Waals surface area contributed by atoms with Crippen LogP contribution in [0.15, 0.2) is 22.8 Å². The predicted octanol–water partition coefficient (Wildman–Crippen LogP) is 1.90. The summed E-state index contributed by atoms with van der Waals surface area (Å²) in [5.41, 5.74) is 0.639. The molecule has 3 nitrogen and oxygen atoms in total. The lowest BCUT2D eigenvalue weighted by atomic mass is 9.98. The molecule has 0 radical (unpaired) electrons. The molecular formula is C10H14BrNO2. The van der Waals surface area contributed by atoms with Crippen LogP contribution in [0.5, 0.6) is 0 Å². The van der Waals surface area contributed by atoms with Gasteiger partial charge in [-0.1, -0.05) is 13.0 Å². The number of halogens is 1. The number of aliphatic hydroxyl groups excluding tert-OH is 2. The Morgan fingerprint density at radius 1 is 1.50 bits per heavy atom. The Balaban J connectivity index is 2.73. The Hall–Kier alpha value is -0.450. The SMILES string of the molecule is CC(CCO)C(O)c1cccc(Br)n1. The van der Waals surface area contributed by atoms with E-state index < -0.39 is 6.10 Å². The maximum absolute atomic E-state index is 9.85. The summed E-state index contributed by atoms with van der Waals surface area (Å²) >= 11 is 3.25. The zero-order valence-electron chi connectivity index (χ0n) is 8.02. The summed E-state index contributed by atoms with van der Waals surface area (Å²) in [6.07, 6.45) is -0.0327. The molecule has 14 heavy (non-hydrogen) atoms. The van der Waals surface area contributed by atoms with E-state index in [-0.39, 0.29) is 12.5 Å². The zero-order valence-corrected chi connectivity index (χ0v) is 9.61. The van der Waals surface area contributed by atoms with Crippen LogP contribution in [0.2, 0.25) is 0 Å². The first kappa shape index (κ1) is 11.6. The lowest BCUT2D eigenvalue weighted by Crippen LogP contribution is -2.12. The van der Waals surface area contributed by atoms with E-state index in [0.717, 1.165) is 0 Å². The Morgan fingerprint density at radius 2 is 2.21 bits per heavy atom. The van der Waals surface area contributed by atoms with E-state index in [4.69, 9.17) is 5.11 Å². The molecule has 0 amide bonds. The molecule has 0 aliphatic rings. The number of nitrogens with zero attached hydrogens (tertiary/aromatic N) is 1. The Labute approximate surface area is 91.9 Å². The Morgan fingerprint density at radius 3 is 2.79 bits per heavy atom. The highest BCUT2D eigenvalue weighted by molar-refractivity contribution is 9.10. The summed E-state index contributed by atoms with van der Waals surface area (Å²) in [5, 5.41) is 18.6. The summed E-state index contributed by atoms with van der Waals surface area (Å²) in [5.74, 6) is 0.0156. The lowest BCUT2D eigenvalue weighted by molar-refractivity contribution is 0.0952. The average Bonchev–Trinajstić information content (AvgIpc) is 2.17. The molecule has 0 fully saturated rings. The third kappa shape index (κ3) is 3.04. The van der Waals surface area contributed by atoms with E-state index >= 15 is 0 Å². The van der Waals surface area contributed by atoms with Gasteiger partial charge in [-0.25, -0.2) is 4.98 Å². The number of hydrogen-bond acceptors (Lipinski definition) is 3. The highest BCUT2D eigenvalue weighted by Gasteiger charge is 2.16. The Kier molecular flexibility index (Phi) is 4.51. The van der Waals surface area contributed by atoms with Crippen molar-refractivity contribution in [2.45, 2.75) is 19.4 Å². The summed E-state index contributed by atoms with van der Waals surface area (Å²) < 4.78 is 0.713. The van der Waals surface area contributed by atoms with Gasteiger partial charge in [-0.05, 0) is 40.4 Å². The molecule has 0 bridgehead atoms. The van der Waals surface area contributed by atoms with Gasteiger partial charge in [0.1, 0.15) is 4.60 Å². The monoisotopic (exact) mass is 259 g/mol. The van der Waals surface area contributed by atoms with Gasteiger partial charge >= 0.3 is 0 Å². The van der Waals surface area contributed by atoms with Crippen LogP contribution in [0.4, 0.5) is 0 Å². The van der Waals surface area contributed by atoms with Gasteiger partial charge in [0.05, 0.1) is 11.8 Å². The van der Waals surface area contributed by atoms with Crippen LogP contribution >= 0.6 is 15.9 Å². The molecule has 4 heteroatoms. The molecule has 78 valence electrons. The predicted molar refractivity (Wildman–Crippen MR) is 57.8 cm³/mol. The van der Waals surface area contributed by atoms with Crippen molar-refractivity contribution in [2.24, 2.45) is 5.92 Å². The first-order chi connectivity index (χ1) is 6.65. The highest BCUT2D eigenvalue weighted by atomic mass is 79.9. The van der Waals surface area contributed by atoms with Gasteiger partial charge in [-0.3, -0.25) is 0 Å². The van der Waals surface area contributed by atoms with Crippen LogP contribution in [-0.2, 0) is 0 Å². The highest BCUT2D eigenvalue weighted by Crippen LogP contribution is 2.23. The molecule has 0 aliphatic carbocycles. The van der Waals surface area contributed by atoms with Gasteiger partial charge in [-0.2, -0.15) is 0 Å². The number of aromatic nitrogens is 1. The molecule has 1 aromatic rings. The van der Waals surface area contributed by atoms with Gasteiger partial charge in [0.2, 0.25) is 0 Å². The smallest absolute Gasteiger partial charge is 0.106 e. The first-order valence-electron chi connectivity index (χ1n) is 4.56. The van der Waals surface area contributed by atoms with Crippen molar-refractivity contribution in [1.29, 1.82) is 0 Å². The minimum atomic E-state index is -0.611. The number of rotatable bonds is 4. The van der Waals surface area contributed by atoms with Crippen molar-refractivity contribution in [3.05, 3.63) is 28.5 Å². The third-order valence-electron chi connectivity index (χ3n) is 2.16. The maximum atomic E-state index is 9.85. The molecule has 0 aliphatic heterocycles. The van der Waals surface area contributed by atoms with Crippen LogP contribution in [-0.4, -0.2) is 21.8 Å². The van der Waals surface area contributed by atoms with E-state index in [0.29, 0.717) is 16.7 Å². The molecule has 0 aromatic carbocycles. The fourth-order valence-electron chi connectivity index (χ4n) is 1.24. The molecule has 1 rings (SSSR count). The molecule has 0 spiro atoms. The molecule has 0 saturated carbocycles. The quantitative estimate of drug-likeness (QED) is 0.813.